The Bertz CT molecular complexity index is 2290. The summed E-state index contributed by atoms with van der Waals surface area (Å²) in [5.74, 6) is -1.00. The average Bonchev–Trinajstić information content (AvgIpc) is 3.73. The highest BCUT2D eigenvalue weighted by molar-refractivity contribution is 6.25. The standard InChI is InChI=1S/C42H51F2N11O6/c1-52(17-4-20-61-19-3-16-45-30-6-2-5-28-35(30)42(60)55(41(28)59)32-13-14-34(56)50-40(32)58)23-26-9-11-27(12-10-26)54-24-31(36(51-54)37(43)44)48-39(57)29-22-47-53-18-15-33(49-38(29)53)46-21-25-7-8-25/h2,5-6,15,18,22,24-27,32,37,45H,3-4,7-14,16-17,19-21,23H2,1H3,(H,46,49)(H,48,57)(H,50,56,58). The number of alkyl halides is 2. The van der Waals surface area contributed by atoms with Gasteiger partial charge >= 0.3 is 0 Å². The number of ether oxygens (including phenoxy) is 1. The van der Waals surface area contributed by atoms with Gasteiger partial charge in [0.2, 0.25) is 11.8 Å². The predicted molar refractivity (Wildman–Crippen MR) is 219 cm³/mol. The Morgan fingerprint density at radius 3 is 2.52 bits per heavy atom. The molecule has 2 aliphatic heterocycles. The Morgan fingerprint density at radius 2 is 1.75 bits per heavy atom. The molecule has 4 aromatic rings. The molecule has 1 atom stereocenters. The zero-order valence-electron chi connectivity index (χ0n) is 34.1. The summed E-state index contributed by atoms with van der Waals surface area (Å²) in [6.45, 7) is 4.18. The molecule has 4 aliphatic rings. The van der Waals surface area contributed by atoms with Gasteiger partial charge in [0.25, 0.3) is 24.1 Å². The van der Waals surface area contributed by atoms with E-state index in [0.29, 0.717) is 55.2 Å². The lowest BCUT2D eigenvalue weighted by molar-refractivity contribution is -0.136. The van der Waals surface area contributed by atoms with E-state index in [1.807, 2.05) is 0 Å². The summed E-state index contributed by atoms with van der Waals surface area (Å²) in [6.07, 6.45) is 9.23. The number of hydrogen-bond acceptors (Lipinski definition) is 12. The number of aromatic nitrogens is 5. The van der Waals surface area contributed by atoms with Gasteiger partial charge in [0.05, 0.1) is 29.1 Å². The molecule has 0 bridgehead atoms. The molecule has 61 heavy (non-hydrogen) atoms. The van der Waals surface area contributed by atoms with Gasteiger partial charge < -0.3 is 25.6 Å². The molecule has 17 nitrogen and oxygen atoms in total. The molecule has 5 amide bonds. The van der Waals surface area contributed by atoms with Gasteiger partial charge in [-0.15, -0.1) is 0 Å². The number of nitrogens with zero attached hydrogens (tertiary/aromatic N) is 7. The lowest BCUT2D eigenvalue weighted by Gasteiger charge is -2.31. The highest BCUT2D eigenvalue weighted by Crippen LogP contribution is 2.36. The number of rotatable bonds is 19. The van der Waals surface area contributed by atoms with E-state index in [-0.39, 0.29) is 41.3 Å². The molecular formula is C42H51F2N11O6. The second kappa shape index (κ2) is 18.4. The van der Waals surface area contributed by atoms with Crippen molar-refractivity contribution < 1.29 is 37.5 Å². The van der Waals surface area contributed by atoms with Crippen LogP contribution < -0.4 is 21.3 Å². The largest absolute Gasteiger partial charge is 0.384 e. The Morgan fingerprint density at radius 1 is 0.967 bits per heavy atom. The SMILES string of the molecule is CN(CCCOCCCNc1cccc2c1C(=O)N(C1CCC(=O)NC1=O)C2=O)CC1CCC(n2cc(NC(=O)c3cnn4ccc(NCC5CC5)nc34)c(C(F)F)n2)CC1. The van der Waals surface area contributed by atoms with Crippen molar-refractivity contribution in [2.45, 2.75) is 82.7 Å². The summed E-state index contributed by atoms with van der Waals surface area (Å²) in [7, 11) is 2.09. The second-order valence-electron chi connectivity index (χ2n) is 16.5. The van der Waals surface area contributed by atoms with Crippen molar-refractivity contribution >= 4 is 52.4 Å². The maximum Gasteiger partial charge on any atom is 0.284 e. The highest BCUT2D eigenvalue weighted by atomic mass is 19.3. The van der Waals surface area contributed by atoms with E-state index in [1.54, 1.807) is 35.1 Å². The van der Waals surface area contributed by atoms with Crippen LogP contribution in [0.2, 0.25) is 0 Å². The normalized spacial score (nSPS) is 20.5. The number of nitrogens with one attached hydrogen (secondary N) is 4. The zero-order chi connectivity index (χ0) is 42.6. The number of amides is 5. The molecule has 2 saturated carbocycles. The Labute approximate surface area is 350 Å². The molecule has 3 aromatic heterocycles. The van der Waals surface area contributed by atoms with E-state index in [9.17, 15) is 32.8 Å². The van der Waals surface area contributed by atoms with Crippen molar-refractivity contribution in [2.24, 2.45) is 11.8 Å². The van der Waals surface area contributed by atoms with E-state index in [0.717, 1.165) is 56.6 Å². The maximum absolute atomic E-state index is 14.2. The van der Waals surface area contributed by atoms with Crippen LogP contribution in [0.15, 0.2) is 42.9 Å². The van der Waals surface area contributed by atoms with E-state index in [4.69, 9.17) is 4.74 Å². The number of benzene rings is 1. The molecule has 1 aromatic carbocycles. The number of piperidine rings is 1. The smallest absolute Gasteiger partial charge is 0.284 e. The van der Waals surface area contributed by atoms with E-state index < -0.39 is 47.7 Å². The first kappa shape index (κ1) is 41.9. The Kier molecular flexibility index (Phi) is 12.7. The number of hydrogen-bond donors (Lipinski definition) is 4. The van der Waals surface area contributed by atoms with Crippen LogP contribution in [0.5, 0.6) is 0 Å². The minimum Gasteiger partial charge on any atom is -0.384 e. The summed E-state index contributed by atoms with van der Waals surface area (Å²) >= 11 is 0. The fraction of sp³-hybridized carbons (Fsp3) is 0.524. The van der Waals surface area contributed by atoms with Crippen molar-refractivity contribution in [2.75, 3.05) is 62.4 Å². The quantitative estimate of drug-likeness (QED) is 0.0737. The molecule has 0 spiro atoms. The van der Waals surface area contributed by atoms with Crippen LogP contribution in [0.4, 0.5) is 26.0 Å². The third-order valence-electron chi connectivity index (χ3n) is 11.9. The molecule has 1 saturated heterocycles. The second-order valence-corrected chi connectivity index (χ2v) is 16.5. The number of fused-ring (bicyclic) bond motifs is 2. The van der Waals surface area contributed by atoms with Crippen LogP contribution in [-0.4, -0.2) is 116 Å². The minimum absolute atomic E-state index is 0.0173. The van der Waals surface area contributed by atoms with Crippen LogP contribution in [0.3, 0.4) is 0 Å². The van der Waals surface area contributed by atoms with Gasteiger partial charge in [-0.1, -0.05) is 6.07 Å². The number of anilines is 3. The monoisotopic (exact) mass is 843 g/mol. The number of imide groups is 2. The fourth-order valence-electron chi connectivity index (χ4n) is 8.46. The topological polar surface area (TPSA) is 197 Å². The summed E-state index contributed by atoms with van der Waals surface area (Å²) in [4.78, 5) is 71.5. The maximum atomic E-state index is 14.2. The molecule has 4 N–H and O–H groups in total. The van der Waals surface area contributed by atoms with Gasteiger partial charge in [0.15, 0.2) is 11.3 Å². The summed E-state index contributed by atoms with van der Waals surface area (Å²) < 4.78 is 37.3. The van der Waals surface area contributed by atoms with E-state index in [2.05, 4.69) is 48.4 Å². The third-order valence-corrected chi connectivity index (χ3v) is 11.9. The molecule has 19 heteroatoms. The van der Waals surface area contributed by atoms with Crippen molar-refractivity contribution in [1.29, 1.82) is 0 Å². The summed E-state index contributed by atoms with van der Waals surface area (Å²) in [5, 5.41) is 19.8. The van der Waals surface area contributed by atoms with Gasteiger partial charge in [-0.2, -0.15) is 10.2 Å². The molecule has 0 radical (unpaired) electrons. The molecule has 8 rings (SSSR count). The number of carbonyl (C=O) groups excluding carboxylic acids is 5. The predicted octanol–water partition coefficient (Wildman–Crippen LogP) is 4.91. The zero-order valence-corrected chi connectivity index (χ0v) is 34.1. The summed E-state index contributed by atoms with van der Waals surface area (Å²) in [6, 6.07) is 5.71. The minimum atomic E-state index is -2.86. The highest BCUT2D eigenvalue weighted by Gasteiger charge is 2.45. The fourth-order valence-corrected chi connectivity index (χ4v) is 8.46. The van der Waals surface area contributed by atoms with Crippen LogP contribution in [0.1, 0.15) is 113 Å². The summed E-state index contributed by atoms with van der Waals surface area (Å²) in [5.41, 5.74) is 1.02. The third kappa shape index (κ3) is 9.57. The first-order chi connectivity index (χ1) is 29.5. The molecule has 5 heterocycles. The number of halogens is 2. The molecule has 1 unspecified atom stereocenters. The lowest BCUT2D eigenvalue weighted by Crippen LogP contribution is -2.54. The molecular weight excluding hydrogens is 793 g/mol. The van der Waals surface area contributed by atoms with Crippen molar-refractivity contribution in [1.82, 2.24) is 39.5 Å². The van der Waals surface area contributed by atoms with Gasteiger partial charge in [0, 0.05) is 63.9 Å². The Balaban J connectivity index is 0.733. The van der Waals surface area contributed by atoms with Gasteiger partial charge in [0.1, 0.15) is 17.4 Å². The first-order valence-corrected chi connectivity index (χ1v) is 21.2. The van der Waals surface area contributed by atoms with E-state index >= 15 is 0 Å². The van der Waals surface area contributed by atoms with E-state index in [1.165, 1.54) is 29.8 Å². The van der Waals surface area contributed by atoms with Crippen LogP contribution in [0.25, 0.3) is 5.65 Å². The molecule has 3 fully saturated rings. The van der Waals surface area contributed by atoms with Crippen LogP contribution in [0, 0.1) is 11.8 Å². The van der Waals surface area contributed by atoms with Crippen molar-refractivity contribution in [3.8, 4) is 0 Å². The van der Waals surface area contributed by atoms with Crippen LogP contribution >= 0.6 is 0 Å². The van der Waals surface area contributed by atoms with Gasteiger partial charge in [-0.25, -0.2) is 18.3 Å². The van der Waals surface area contributed by atoms with Crippen LogP contribution in [-0.2, 0) is 14.3 Å². The average molecular weight is 844 g/mol. The molecule has 324 valence electrons. The van der Waals surface area contributed by atoms with Gasteiger partial charge in [-0.3, -0.25) is 38.9 Å². The molecule has 2 aliphatic carbocycles. The van der Waals surface area contributed by atoms with Gasteiger partial charge in [-0.05, 0) is 94.9 Å². The van der Waals surface area contributed by atoms with Crippen molar-refractivity contribution in [3.05, 3.63) is 65.2 Å². The first-order valence-electron chi connectivity index (χ1n) is 21.2. The lowest BCUT2D eigenvalue weighted by atomic mass is 9.86. The van der Waals surface area contributed by atoms with Crippen molar-refractivity contribution in [3.63, 3.8) is 0 Å². The Hall–Kier alpha value is -5.82. The number of carbonyl (C=O) groups is 5.